The molecule has 0 radical (unpaired) electrons. The molecular formula is C27H24N8O2S. The number of anilines is 2. The van der Waals surface area contributed by atoms with E-state index < -0.39 is 0 Å². The SMILES string of the molecule is CN1CCC(Oc2ccc(Nc3ncc4c(=O)n5c(nc4n3)c3ccccc3n5-c3nccs3)cc2)CC1. The molecule has 1 fully saturated rings. The molecular weight excluding hydrogens is 500 g/mol. The molecule has 1 aliphatic rings. The number of nitrogens with one attached hydrogen (secondary N) is 1. The lowest BCUT2D eigenvalue weighted by Crippen LogP contribution is -2.35. The van der Waals surface area contributed by atoms with Gasteiger partial charge in [-0.25, -0.2) is 19.6 Å². The second-order valence-corrected chi connectivity index (χ2v) is 10.3. The zero-order valence-electron chi connectivity index (χ0n) is 20.6. The molecule has 1 N–H and O–H groups in total. The van der Waals surface area contributed by atoms with Crippen LogP contribution in [0.4, 0.5) is 11.6 Å². The number of rotatable bonds is 5. The van der Waals surface area contributed by atoms with E-state index >= 15 is 0 Å². The zero-order valence-corrected chi connectivity index (χ0v) is 21.4. The molecule has 5 heterocycles. The summed E-state index contributed by atoms with van der Waals surface area (Å²) in [7, 11) is 2.14. The Kier molecular flexibility index (Phi) is 5.52. The fourth-order valence-electron chi connectivity index (χ4n) is 4.89. The molecule has 6 aromatic rings. The molecule has 0 atom stereocenters. The van der Waals surface area contributed by atoms with Crippen molar-refractivity contribution in [3.05, 3.63) is 76.7 Å². The van der Waals surface area contributed by atoms with Gasteiger partial charge in [0.25, 0.3) is 5.56 Å². The van der Waals surface area contributed by atoms with Crippen molar-refractivity contribution in [2.45, 2.75) is 18.9 Å². The number of benzene rings is 2. The van der Waals surface area contributed by atoms with Crippen molar-refractivity contribution < 1.29 is 4.74 Å². The number of thiazole rings is 1. The van der Waals surface area contributed by atoms with Gasteiger partial charge in [-0.05, 0) is 56.3 Å². The minimum absolute atomic E-state index is 0.248. The van der Waals surface area contributed by atoms with Gasteiger partial charge in [0, 0.05) is 41.9 Å². The third kappa shape index (κ3) is 3.96. The summed E-state index contributed by atoms with van der Waals surface area (Å²) < 4.78 is 9.49. The van der Waals surface area contributed by atoms with Crippen LogP contribution in [0.5, 0.6) is 5.75 Å². The molecule has 1 saturated heterocycles. The van der Waals surface area contributed by atoms with Gasteiger partial charge in [-0.3, -0.25) is 4.79 Å². The third-order valence-corrected chi connectivity index (χ3v) is 7.60. The van der Waals surface area contributed by atoms with Crippen LogP contribution in [-0.4, -0.2) is 60.3 Å². The molecule has 0 bridgehead atoms. The maximum absolute atomic E-state index is 13.6. The van der Waals surface area contributed by atoms with Crippen molar-refractivity contribution in [3.8, 4) is 10.9 Å². The van der Waals surface area contributed by atoms with E-state index in [0.29, 0.717) is 27.8 Å². The first-order valence-corrected chi connectivity index (χ1v) is 13.3. The van der Waals surface area contributed by atoms with Crippen LogP contribution in [0.15, 0.2) is 71.1 Å². The van der Waals surface area contributed by atoms with Crippen molar-refractivity contribution in [2.75, 3.05) is 25.5 Å². The van der Waals surface area contributed by atoms with Crippen molar-refractivity contribution in [3.63, 3.8) is 0 Å². The van der Waals surface area contributed by atoms with Crippen molar-refractivity contribution in [2.24, 2.45) is 0 Å². The highest BCUT2D eigenvalue weighted by Crippen LogP contribution is 2.26. The molecule has 1 aliphatic heterocycles. The van der Waals surface area contributed by atoms with Gasteiger partial charge < -0.3 is 15.0 Å². The highest BCUT2D eigenvalue weighted by molar-refractivity contribution is 7.12. The first kappa shape index (κ1) is 22.8. The lowest BCUT2D eigenvalue weighted by atomic mass is 10.1. The zero-order chi connectivity index (χ0) is 25.6. The summed E-state index contributed by atoms with van der Waals surface area (Å²) in [6.07, 6.45) is 5.55. The first-order chi connectivity index (χ1) is 18.6. The van der Waals surface area contributed by atoms with E-state index in [9.17, 15) is 4.79 Å². The van der Waals surface area contributed by atoms with Crippen LogP contribution in [0.3, 0.4) is 0 Å². The summed E-state index contributed by atoms with van der Waals surface area (Å²) >= 11 is 1.45. The van der Waals surface area contributed by atoms with Gasteiger partial charge in [0.1, 0.15) is 17.2 Å². The first-order valence-electron chi connectivity index (χ1n) is 12.5. The number of hydrogen-bond donors (Lipinski definition) is 1. The number of hydrogen-bond acceptors (Lipinski definition) is 9. The van der Waals surface area contributed by atoms with Gasteiger partial charge in [-0.15, -0.1) is 11.3 Å². The number of aromatic nitrogens is 6. The summed E-state index contributed by atoms with van der Waals surface area (Å²) in [4.78, 5) is 34.1. The van der Waals surface area contributed by atoms with Gasteiger partial charge in [-0.1, -0.05) is 12.1 Å². The molecule has 7 rings (SSSR count). The molecule has 10 nitrogen and oxygen atoms in total. The van der Waals surface area contributed by atoms with Crippen LogP contribution in [0.1, 0.15) is 12.8 Å². The Balaban J connectivity index is 1.22. The van der Waals surface area contributed by atoms with Gasteiger partial charge in [-0.2, -0.15) is 9.50 Å². The fraction of sp³-hybridized carbons (Fsp3) is 0.222. The van der Waals surface area contributed by atoms with Crippen LogP contribution < -0.4 is 15.6 Å². The molecule has 0 aliphatic carbocycles. The van der Waals surface area contributed by atoms with Crippen molar-refractivity contribution in [1.29, 1.82) is 0 Å². The quantitative estimate of drug-likeness (QED) is 0.357. The Morgan fingerprint density at radius 1 is 1.00 bits per heavy atom. The van der Waals surface area contributed by atoms with Crippen molar-refractivity contribution in [1.82, 2.24) is 34.0 Å². The van der Waals surface area contributed by atoms with Gasteiger partial charge >= 0.3 is 0 Å². The maximum atomic E-state index is 13.6. The number of piperidine rings is 1. The molecule has 0 spiro atoms. The van der Waals surface area contributed by atoms with E-state index in [0.717, 1.165) is 48.3 Å². The Morgan fingerprint density at radius 3 is 2.61 bits per heavy atom. The summed E-state index contributed by atoms with van der Waals surface area (Å²) in [5.41, 5.74) is 2.26. The molecule has 190 valence electrons. The van der Waals surface area contributed by atoms with Crippen LogP contribution in [0, 0.1) is 0 Å². The summed E-state index contributed by atoms with van der Waals surface area (Å²) in [6.45, 7) is 2.11. The van der Waals surface area contributed by atoms with Crippen LogP contribution in [0.2, 0.25) is 0 Å². The largest absolute Gasteiger partial charge is 0.490 e. The smallest absolute Gasteiger partial charge is 0.284 e. The molecule has 2 aromatic carbocycles. The van der Waals surface area contributed by atoms with Crippen molar-refractivity contribution >= 4 is 50.6 Å². The maximum Gasteiger partial charge on any atom is 0.284 e. The number of fused-ring (bicyclic) bond motifs is 4. The van der Waals surface area contributed by atoms with Crippen LogP contribution in [0.25, 0.3) is 32.7 Å². The average molecular weight is 525 g/mol. The molecule has 11 heteroatoms. The van der Waals surface area contributed by atoms with E-state index in [4.69, 9.17) is 9.72 Å². The summed E-state index contributed by atoms with van der Waals surface area (Å²) in [5, 5.41) is 6.95. The van der Waals surface area contributed by atoms with Gasteiger partial charge in [0.15, 0.2) is 11.3 Å². The minimum Gasteiger partial charge on any atom is -0.490 e. The highest BCUT2D eigenvalue weighted by Gasteiger charge is 2.20. The van der Waals surface area contributed by atoms with Gasteiger partial charge in [0.2, 0.25) is 11.1 Å². The Hall–Kier alpha value is -4.35. The number of likely N-dealkylation sites (tertiary alicyclic amines) is 1. The predicted octanol–water partition coefficient (Wildman–Crippen LogP) is 4.25. The lowest BCUT2D eigenvalue weighted by molar-refractivity contribution is 0.114. The minimum atomic E-state index is -0.252. The second-order valence-electron chi connectivity index (χ2n) is 9.40. The monoisotopic (exact) mass is 524 g/mol. The fourth-order valence-corrected chi connectivity index (χ4v) is 5.54. The second kappa shape index (κ2) is 9.19. The highest BCUT2D eigenvalue weighted by atomic mass is 32.1. The molecule has 4 aromatic heterocycles. The molecule has 0 amide bonds. The van der Waals surface area contributed by atoms with Crippen LogP contribution in [-0.2, 0) is 0 Å². The number of para-hydroxylation sites is 1. The standard InChI is InChI=1S/C27H24N8O2S/c1-33-13-10-19(11-14-33)37-18-8-6-17(7-9-18)30-26-29-16-21-23(32-26)31-24-20-4-2-3-5-22(20)34(35(24)25(21)36)27-28-12-15-38-27/h2-9,12,15-16,19H,10-11,13-14H2,1H3,(H,29,30,32). The molecule has 0 unspecified atom stereocenters. The third-order valence-electron chi connectivity index (χ3n) is 6.86. The Bertz CT molecular complexity index is 1820. The van der Waals surface area contributed by atoms with E-state index in [1.54, 1.807) is 15.4 Å². The Morgan fingerprint density at radius 2 is 1.82 bits per heavy atom. The van der Waals surface area contributed by atoms with E-state index in [1.807, 2.05) is 53.9 Å². The van der Waals surface area contributed by atoms with Gasteiger partial charge in [0.05, 0.1) is 5.52 Å². The average Bonchev–Trinajstić information content (AvgIpc) is 3.58. The van der Waals surface area contributed by atoms with Crippen LogP contribution >= 0.6 is 11.3 Å². The lowest BCUT2D eigenvalue weighted by Gasteiger charge is -2.29. The number of nitrogens with zero attached hydrogens (tertiary/aromatic N) is 7. The Labute approximate surface area is 221 Å². The summed E-state index contributed by atoms with van der Waals surface area (Å²) in [5.74, 6) is 1.21. The van der Waals surface area contributed by atoms with E-state index in [-0.39, 0.29) is 11.7 Å². The van der Waals surface area contributed by atoms with E-state index in [2.05, 4.69) is 32.2 Å². The summed E-state index contributed by atoms with van der Waals surface area (Å²) in [6, 6.07) is 15.5. The van der Waals surface area contributed by atoms with E-state index in [1.165, 1.54) is 17.5 Å². The predicted molar refractivity (Wildman–Crippen MR) is 148 cm³/mol. The topological polar surface area (TPSA) is 102 Å². The molecule has 38 heavy (non-hydrogen) atoms. The normalized spacial score (nSPS) is 15.0. The number of ether oxygens (including phenoxy) is 1. The molecule has 0 saturated carbocycles.